The van der Waals surface area contributed by atoms with Crippen LogP contribution in [0.5, 0.6) is 0 Å². The van der Waals surface area contributed by atoms with E-state index in [0.29, 0.717) is 18.7 Å². The van der Waals surface area contributed by atoms with E-state index < -0.39 is 0 Å². The van der Waals surface area contributed by atoms with E-state index in [2.05, 4.69) is 11.9 Å². The molecular weight excluding hydrogens is 302 g/mol. The Labute approximate surface area is 141 Å². The lowest BCUT2D eigenvalue weighted by Crippen LogP contribution is -2.46. The first kappa shape index (κ1) is 16.1. The molecule has 24 heavy (non-hydrogen) atoms. The highest BCUT2D eigenvalue weighted by Gasteiger charge is 2.22. The second-order valence-corrected chi connectivity index (χ2v) is 5.92. The van der Waals surface area contributed by atoms with E-state index in [0.717, 1.165) is 18.5 Å². The Hall–Kier alpha value is -2.82. The van der Waals surface area contributed by atoms with Gasteiger partial charge >= 0.3 is 0 Å². The zero-order valence-electron chi connectivity index (χ0n) is 13.5. The van der Waals surface area contributed by atoms with Gasteiger partial charge in [0.25, 0.3) is 5.91 Å². The van der Waals surface area contributed by atoms with Gasteiger partial charge in [0.2, 0.25) is 5.91 Å². The van der Waals surface area contributed by atoms with Crippen LogP contribution in [0.25, 0.3) is 5.69 Å². The predicted octanol–water partition coefficient (Wildman–Crippen LogP) is 2.38. The van der Waals surface area contributed by atoms with Crippen molar-refractivity contribution in [1.29, 1.82) is 0 Å². The molecule has 1 saturated heterocycles. The van der Waals surface area contributed by atoms with E-state index in [1.54, 1.807) is 4.90 Å². The summed E-state index contributed by atoms with van der Waals surface area (Å²) in [4.78, 5) is 25.8. The second kappa shape index (κ2) is 7.17. The summed E-state index contributed by atoms with van der Waals surface area (Å²) in [6, 6.07) is 11.5. The molecule has 0 saturated carbocycles. The average Bonchev–Trinajstić information content (AvgIpc) is 3.16. The third-order valence-electron chi connectivity index (χ3n) is 4.33. The van der Waals surface area contributed by atoms with Gasteiger partial charge in [-0.3, -0.25) is 9.59 Å². The summed E-state index contributed by atoms with van der Waals surface area (Å²) >= 11 is 0. The van der Waals surface area contributed by atoms with E-state index in [1.807, 2.05) is 53.4 Å². The molecule has 5 heteroatoms. The molecule has 1 aliphatic heterocycles. The van der Waals surface area contributed by atoms with Crippen LogP contribution in [0.15, 0.2) is 61.4 Å². The predicted molar refractivity (Wildman–Crippen MR) is 93.0 cm³/mol. The topological polar surface area (TPSA) is 54.3 Å². The number of carbonyl (C=O) groups excluding carboxylic acids is 2. The van der Waals surface area contributed by atoms with Gasteiger partial charge in [-0.25, -0.2) is 0 Å². The first-order chi connectivity index (χ1) is 11.7. The number of likely N-dealkylation sites (tertiary alicyclic amines) is 1. The van der Waals surface area contributed by atoms with E-state index in [4.69, 9.17) is 0 Å². The van der Waals surface area contributed by atoms with Crippen LogP contribution < -0.4 is 5.32 Å². The zero-order valence-corrected chi connectivity index (χ0v) is 13.5. The Morgan fingerprint density at radius 3 is 2.50 bits per heavy atom. The van der Waals surface area contributed by atoms with Crippen molar-refractivity contribution in [1.82, 2.24) is 14.8 Å². The van der Waals surface area contributed by atoms with E-state index in [1.165, 1.54) is 6.08 Å². The Kier molecular flexibility index (Phi) is 4.79. The number of piperidine rings is 1. The summed E-state index contributed by atoms with van der Waals surface area (Å²) in [5.74, 6) is -0.114. The van der Waals surface area contributed by atoms with Crippen LogP contribution in [0.2, 0.25) is 0 Å². The lowest BCUT2D eigenvalue weighted by molar-refractivity contribution is -0.127. The zero-order chi connectivity index (χ0) is 16.9. The van der Waals surface area contributed by atoms with Crippen LogP contribution >= 0.6 is 0 Å². The van der Waals surface area contributed by atoms with Gasteiger partial charge in [0.05, 0.1) is 0 Å². The molecular formula is C19H21N3O2. The summed E-state index contributed by atoms with van der Waals surface area (Å²) in [6.07, 6.45) is 6.77. The fraction of sp³-hybridized carbons (Fsp3) is 0.263. The Morgan fingerprint density at radius 1 is 1.12 bits per heavy atom. The number of hydrogen-bond donors (Lipinski definition) is 1. The summed E-state index contributed by atoms with van der Waals surface area (Å²) < 4.78 is 1.97. The number of rotatable bonds is 4. The number of hydrogen-bond acceptors (Lipinski definition) is 2. The first-order valence-electron chi connectivity index (χ1n) is 8.13. The minimum absolute atomic E-state index is 0.0424. The molecule has 0 aliphatic carbocycles. The van der Waals surface area contributed by atoms with Crippen LogP contribution in [0.1, 0.15) is 23.2 Å². The molecule has 5 nitrogen and oxygen atoms in total. The number of nitrogens with zero attached hydrogens (tertiary/aromatic N) is 2. The Bertz CT molecular complexity index is 729. The molecule has 1 aliphatic rings. The maximum atomic E-state index is 12.5. The molecule has 2 aromatic rings. The maximum Gasteiger partial charge on any atom is 0.251 e. The van der Waals surface area contributed by atoms with Crippen LogP contribution in [-0.4, -0.2) is 40.4 Å². The summed E-state index contributed by atoms with van der Waals surface area (Å²) in [6.45, 7) is 4.81. The molecule has 1 aromatic heterocycles. The molecule has 2 heterocycles. The molecule has 0 bridgehead atoms. The number of aromatic nitrogens is 1. The highest BCUT2D eigenvalue weighted by molar-refractivity contribution is 5.95. The van der Waals surface area contributed by atoms with Crippen molar-refractivity contribution in [2.24, 2.45) is 0 Å². The third kappa shape index (κ3) is 3.56. The van der Waals surface area contributed by atoms with Crippen molar-refractivity contribution in [2.75, 3.05) is 13.1 Å². The lowest BCUT2D eigenvalue weighted by atomic mass is 10.0. The van der Waals surface area contributed by atoms with Gasteiger partial charge in [-0.2, -0.15) is 0 Å². The summed E-state index contributed by atoms with van der Waals surface area (Å²) in [5, 5.41) is 3.07. The molecule has 2 amide bonds. The fourth-order valence-corrected chi connectivity index (χ4v) is 2.96. The molecule has 1 N–H and O–H groups in total. The molecule has 0 radical (unpaired) electrons. The van der Waals surface area contributed by atoms with Crippen LogP contribution in [0.3, 0.4) is 0 Å². The van der Waals surface area contributed by atoms with E-state index in [9.17, 15) is 9.59 Å². The standard InChI is InChI=1S/C19H21N3O2/c1-2-18(23)22-12-8-16(9-13-22)20-19(24)15-6-5-7-17(14-15)21-10-3-4-11-21/h2-7,10-11,14,16H,1,8-9,12-13H2,(H,20,24). The minimum atomic E-state index is -0.0718. The van der Waals surface area contributed by atoms with Crippen molar-refractivity contribution in [3.63, 3.8) is 0 Å². The Balaban J connectivity index is 1.61. The highest BCUT2D eigenvalue weighted by Crippen LogP contribution is 2.14. The van der Waals surface area contributed by atoms with Gasteiger partial charge in [0, 0.05) is 42.8 Å². The summed E-state index contributed by atoms with van der Waals surface area (Å²) in [5.41, 5.74) is 1.60. The molecule has 0 unspecified atom stereocenters. The first-order valence-corrected chi connectivity index (χ1v) is 8.13. The number of nitrogens with one attached hydrogen (secondary N) is 1. The second-order valence-electron chi connectivity index (χ2n) is 5.92. The van der Waals surface area contributed by atoms with Gasteiger partial charge in [0.1, 0.15) is 0 Å². The quantitative estimate of drug-likeness (QED) is 0.878. The van der Waals surface area contributed by atoms with Crippen LogP contribution in [0.4, 0.5) is 0 Å². The van der Waals surface area contributed by atoms with Crippen molar-refractivity contribution in [3.05, 3.63) is 67.0 Å². The molecule has 124 valence electrons. The van der Waals surface area contributed by atoms with Gasteiger partial charge in [0.15, 0.2) is 0 Å². The normalized spacial score (nSPS) is 15.1. The van der Waals surface area contributed by atoms with Crippen molar-refractivity contribution in [2.45, 2.75) is 18.9 Å². The number of carbonyl (C=O) groups is 2. The van der Waals surface area contributed by atoms with Gasteiger partial charge in [-0.15, -0.1) is 0 Å². The summed E-state index contributed by atoms with van der Waals surface area (Å²) in [7, 11) is 0. The van der Waals surface area contributed by atoms with E-state index in [-0.39, 0.29) is 17.9 Å². The third-order valence-corrected chi connectivity index (χ3v) is 4.33. The van der Waals surface area contributed by atoms with Gasteiger partial charge in [-0.1, -0.05) is 12.6 Å². The lowest BCUT2D eigenvalue weighted by Gasteiger charge is -2.31. The largest absolute Gasteiger partial charge is 0.349 e. The number of benzene rings is 1. The molecule has 1 aromatic carbocycles. The van der Waals surface area contributed by atoms with E-state index >= 15 is 0 Å². The van der Waals surface area contributed by atoms with Crippen LogP contribution in [-0.2, 0) is 4.79 Å². The highest BCUT2D eigenvalue weighted by atomic mass is 16.2. The van der Waals surface area contributed by atoms with Gasteiger partial charge in [-0.05, 0) is 49.2 Å². The Morgan fingerprint density at radius 2 is 1.83 bits per heavy atom. The molecule has 0 spiro atoms. The van der Waals surface area contributed by atoms with Gasteiger partial charge < -0.3 is 14.8 Å². The number of amides is 2. The SMILES string of the molecule is C=CC(=O)N1CCC(NC(=O)c2cccc(-n3cccc3)c2)CC1. The fourth-order valence-electron chi connectivity index (χ4n) is 2.96. The molecule has 1 fully saturated rings. The average molecular weight is 323 g/mol. The van der Waals surface area contributed by atoms with Crippen molar-refractivity contribution >= 4 is 11.8 Å². The monoisotopic (exact) mass is 323 g/mol. The molecule has 0 atom stereocenters. The van der Waals surface area contributed by atoms with Crippen molar-refractivity contribution in [3.8, 4) is 5.69 Å². The smallest absolute Gasteiger partial charge is 0.251 e. The van der Waals surface area contributed by atoms with Crippen molar-refractivity contribution < 1.29 is 9.59 Å². The molecule has 3 rings (SSSR count). The maximum absolute atomic E-state index is 12.5. The minimum Gasteiger partial charge on any atom is -0.349 e. The van der Waals surface area contributed by atoms with Crippen LogP contribution in [0, 0.1) is 0 Å².